The van der Waals surface area contributed by atoms with Gasteiger partial charge in [0.1, 0.15) is 0 Å². The fourth-order valence-electron chi connectivity index (χ4n) is 4.93. The molecule has 4 rings (SSSR count). The number of aliphatic imine (C=N–C) groups is 1. The number of rotatable bonds is 3. The number of nitrogens with one attached hydrogen (secondary N) is 2. The van der Waals surface area contributed by atoms with Gasteiger partial charge >= 0.3 is 0 Å². The molecule has 23 heavy (non-hydrogen) atoms. The number of halogens is 1. The van der Waals surface area contributed by atoms with E-state index in [-0.39, 0.29) is 24.0 Å². The minimum atomic E-state index is 0. The van der Waals surface area contributed by atoms with Crippen LogP contribution in [0, 0.1) is 11.3 Å². The average Bonchev–Trinajstić information content (AvgIpc) is 2.89. The van der Waals surface area contributed by atoms with Gasteiger partial charge in [-0.1, -0.05) is 6.42 Å². The summed E-state index contributed by atoms with van der Waals surface area (Å²) >= 11 is 0. The highest BCUT2D eigenvalue weighted by atomic mass is 127. The van der Waals surface area contributed by atoms with Crippen molar-refractivity contribution in [3.8, 4) is 0 Å². The van der Waals surface area contributed by atoms with Crippen LogP contribution in [0.3, 0.4) is 0 Å². The summed E-state index contributed by atoms with van der Waals surface area (Å²) in [6, 6.07) is 1.06. The van der Waals surface area contributed by atoms with Crippen LogP contribution < -0.4 is 10.6 Å². The molecule has 2 aliphatic carbocycles. The Morgan fingerprint density at radius 2 is 1.91 bits per heavy atom. The van der Waals surface area contributed by atoms with Crippen LogP contribution in [0.5, 0.6) is 0 Å². The monoisotopic (exact) mass is 435 g/mol. The van der Waals surface area contributed by atoms with Crippen LogP contribution >= 0.6 is 24.0 Å². The molecule has 1 spiro atoms. The predicted octanol–water partition coefficient (Wildman–Crippen LogP) is 2.30. The smallest absolute Gasteiger partial charge is 0.191 e. The molecule has 2 saturated heterocycles. The fourth-order valence-corrected chi connectivity index (χ4v) is 4.93. The molecule has 4 aliphatic rings. The van der Waals surface area contributed by atoms with Gasteiger partial charge in [-0.2, -0.15) is 0 Å². The summed E-state index contributed by atoms with van der Waals surface area (Å²) in [5.74, 6) is 1.70. The summed E-state index contributed by atoms with van der Waals surface area (Å²) in [5, 5.41) is 7.42. The summed E-state index contributed by atoms with van der Waals surface area (Å²) in [7, 11) is 0. The predicted molar refractivity (Wildman–Crippen MR) is 101 cm³/mol. The Balaban J connectivity index is 0.00000156. The molecule has 132 valence electrons. The SMILES string of the molecule is CCN=C(NC1CCOCC1)NC1C2CCOC2C12CCC2.I. The summed E-state index contributed by atoms with van der Waals surface area (Å²) in [6.45, 7) is 5.60. The first kappa shape index (κ1) is 17.7. The van der Waals surface area contributed by atoms with Gasteiger partial charge in [0, 0.05) is 49.8 Å². The Bertz CT molecular complexity index is 436. The Morgan fingerprint density at radius 3 is 2.57 bits per heavy atom. The second kappa shape index (κ2) is 7.44. The van der Waals surface area contributed by atoms with E-state index in [1.165, 1.54) is 25.7 Å². The Labute approximate surface area is 156 Å². The lowest BCUT2D eigenvalue weighted by Gasteiger charge is -2.63. The van der Waals surface area contributed by atoms with Crippen molar-refractivity contribution >= 4 is 29.9 Å². The zero-order chi connectivity index (χ0) is 15.0. The minimum absolute atomic E-state index is 0. The van der Waals surface area contributed by atoms with Crippen molar-refractivity contribution in [2.45, 2.75) is 63.6 Å². The van der Waals surface area contributed by atoms with Gasteiger partial charge in [0.2, 0.25) is 0 Å². The van der Waals surface area contributed by atoms with Crippen LogP contribution in [0.1, 0.15) is 45.4 Å². The third-order valence-electron chi connectivity index (χ3n) is 6.21. The molecule has 3 unspecified atom stereocenters. The number of ether oxygens (including phenoxy) is 2. The van der Waals surface area contributed by atoms with Crippen molar-refractivity contribution in [1.29, 1.82) is 0 Å². The normalized spacial score (nSPS) is 35.7. The molecule has 0 aromatic rings. The second-order valence-electron chi connectivity index (χ2n) is 7.31. The third kappa shape index (κ3) is 3.11. The molecular formula is C17H30IN3O2. The zero-order valence-corrected chi connectivity index (χ0v) is 16.4. The minimum Gasteiger partial charge on any atom is -0.381 e. The summed E-state index contributed by atoms with van der Waals surface area (Å²) < 4.78 is 11.5. The highest BCUT2D eigenvalue weighted by Gasteiger charge is 2.66. The lowest BCUT2D eigenvalue weighted by Crippen LogP contribution is -2.72. The standard InChI is InChI=1S/C17H29N3O2.HI/c1-2-18-16(19-12-4-9-21-10-5-12)20-14-13-6-11-22-15(13)17(14)7-3-8-17;/h12-15H,2-11H2,1H3,(H2,18,19,20);1H. The van der Waals surface area contributed by atoms with Crippen molar-refractivity contribution in [2.75, 3.05) is 26.4 Å². The summed E-state index contributed by atoms with van der Waals surface area (Å²) in [4.78, 5) is 4.69. The molecule has 5 nitrogen and oxygen atoms in total. The van der Waals surface area contributed by atoms with E-state index in [2.05, 4.69) is 17.6 Å². The van der Waals surface area contributed by atoms with E-state index in [1.54, 1.807) is 0 Å². The molecule has 2 aliphatic heterocycles. The van der Waals surface area contributed by atoms with Crippen LogP contribution in [0.25, 0.3) is 0 Å². The van der Waals surface area contributed by atoms with Crippen molar-refractivity contribution in [3.63, 3.8) is 0 Å². The van der Waals surface area contributed by atoms with Crippen LogP contribution in [0.4, 0.5) is 0 Å². The zero-order valence-electron chi connectivity index (χ0n) is 14.1. The van der Waals surface area contributed by atoms with E-state index in [1.807, 2.05) is 0 Å². The number of fused-ring (bicyclic) bond motifs is 2. The van der Waals surface area contributed by atoms with Crippen molar-refractivity contribution in [2.24, 2.45) is 16.3 Å². The topological polar surface area (TPSA) is 54.9 Å². The number of hydrogen-bond acceptors (Lipinski definition) is 3. The molecule has 0 aromatic heterocycles. The first-order valence-electron chi connectivity index (χ1n) is 9.10. The lowest BCUT2D eigenvalue weighted by molar-refractivity contribution is -0.171. The van der Waals surface area contributed by atoms with Crippen LogP contribution in [-0.2, 0) is 9.47 Å². The Morgan fingerprint density at radius 1 is 1.13 bits per heavy atom. The van der Waals surface area contributed by atoms with Gasteiger partial charge in [0.05, 0.1) is 6.10 Å². The molecule has 0 aromatic carbocycles. The third-order valence-corrected chi connectivity index (χ3v) is 6.21. The maximum Gasteiger partial charge on any atom is 0.191 e. The van der Waals surface area contributed by atoms with Crippen molar-refractivity contribution in [1.82, 2.24) is 10.6 Å². The van der Waals surface area contributed by atoms with Crippen molar-refractivity contribution < 1.29 is 9.47 Å². The number of nitrogens with zero attached hydrogens (tertiary/aromatic N) is 1. The number of hydrogen-bond donors (Lipinski definition) is 2. The quantitative estimate of drug-likeness (QED) is 0.406. The van der Waals surface area contributed by atoms with E-state index in [4.69, 9.17) is 14.5 Å². The molecule has 2 saturated carbocycles. The molecule has 0 amide bonds. The largest absolute Gasteiger partial charge is 0.381 e. The average molecular weight is 435 g/mol. The van der Waals surface area contributed by atoms with Gasteiger partial charge < -0.3 is 20.1 Å². The van der Waals surface area contributed by atoms with Crippen LogP contribution in [-0.4, -0.2) is 50.5 Å². The molecule has 2 heterocycles. The van der Waals surface area contributed by atoms with E-state index in [9.17, 15) is 0 Å². The Kier molecular flexibility index (Phi) is 5.73. The first-order chi connectivity index (χ1) is 10.8. The molecule has 0 bridgehead atoms. The van der Waals surface area contributed by atoms with E-state index < -0.39 is 0 Å². The molecule has 2 N–H and O–H groups in total. The van der Waals surface area contributed by atoms with Gasteiger partial charge in [-0.25, -0.2) is 0 Å². The van der Waals surface area contributed by atoms with Crippen molar-refractivity contribution in [3.05, 3.63) is 0 Å². The lowest BCUT2D eigenvalue weighted by atomic mass is 9.46. The summed E-state index contributed by atoms with van der Waals surface area (Å²) in [6.07, 6.45) is 7.89. The Hall–Kier alpha value is -0.0800. The van der Waals surface area contributed by atoms with Gasteiger partial charge in [0.25, 0.3) is 0 Å². The van der Waals surface area contributed by atoms with Crippen LogP contribution in [0.2, 0.25) is 0 Å². The summed E-state index contributed by atoms with van der Waals surface area (Å²) in [5.41, 5.74) is 0.410. The highest BCUT2D eigenvalue weighted by molar-refractivity contribution is 14.0. The van der Waals surface area contributed by atoms with E-state index in [0.717, 1.165) is 45.2 Å². The van der Waals surface area contributed by atoms with Gasteiger partial charge in [-0.05, 0) is 39.0 Å². The molecule has 6 heteroatoms. The number of guanidine groups is 1. The van der Waals surface area contributed by atoms with E-state index in [0.29, 0.717) is 29.5 Å². The fraction of sp³-hybridized carbons (Fsp3) is 0.941. The molecular weight excluding hydrogens is 405 g/mol. The van der Waals surface area contributed by atoms with Gasteiger partial charge in [0.15, 0.2) is 5.96 Å². The van der Waals surface area contributed by atoms with E-state index >= 15 is 0 Å². The van der Waals surface area contributed by atoms with Gasteiger partial charge in [-0.15, -0.1) is 24.0 Å². The van der Waals surface area contributed by atoms with Crippen LogP contribution in [0.15, 0.2) is 4.99 Å². The second-order valence-corrected chi connectivity index (χ2v) is 7.31. The maximum absolute atomic E-state index is 6.01. The molecule has 4 fully saturated rings. The van der Waals surface area contributed by atoms with Gasteiger partial charge in [-0.3, -0.25) is 4.99 Å². The maximum atomic E-state index is 6.01. The highest BCUT2D eigenvalue weighted by Crippen LogP contribution is 2.62. The molecule has 3 atom stereocenters. The molecule has 0 radical (unpaired) electrons. The first-order valence-corrected chi connectivity index (χ1v) is 9.10.